The second-order valence-electron chi connectivity index (χ2n) is 5.05. The normalized spacial score (nSPS) is 10.7. The molecule has 0 saturated heterocycles. The molecule has 1 aromatic carbocycles. The number of pyridine rings is 1. The highest BCUT2D eigenvalue weighted by atomic mass is 35.5. The molecule has 0 unspecified atom stereocenters. The van der Waals surface area contributed by atoms with Gasteiger partial charge in [0.15, 0.2) is 5.15 Å². The van der Waals surface area contributed by atoms with Crippen LogP contribution in [0, 0.1) is 6.92 Å². The largest absolute Gasteiger partial charge is 0.322 e. The Morgan fingerprint density at radius 1 is 1.29 bits per heavy atom. The first-order chi connectivity index (χ1) is 10.0. The second kappa shape index (κ2) is 7.20. The molecule has 0 saturated carbocycles. The molecule has 0 spiro atoms. The van der Waals surface area contributed by atoms with Gasteiger partial charge in [-0.05, 0) is 31.7 Å². The molecule has 1 aromatic heterocycles. The fourth-order valence-electron chi connectivity index (χ4n) is 1.98. The van der Waals surface area contributed by atoms with Crippen LogP contribution in [0.4, 0.5) is 5.69 Å². The summed E-state index contributed by atoms with van der Waals surface area (Å²) < 4.78 is 0. The number of hydrogen-bond donors (Lipinski definition) is 1. The lowest BCUT2D eigenvalue weighted by molar-refractivity contribution is -0.117. The minimum Gasteiger partial charge on any atom is -0.322 e. The van der Waals surface area contributed by atoms with Crippen molar-refractivity contribution >= 4 is 23.2 Å². The summed E-state index contributed by atoms with van der Waals surface area (Å²) in [6.45, 7) is 3.06. The Labute approximate surface area is 129 Å². The second-order valence-corrected chi connectivity index (χ2v) is 5.41. The third-order valence-electron chi connectivity index (χ3n) is 3.02. The number of likely N-dealkylation sites (N-methyl/N-ethyl adjacent to an activating group) is 1. The number of aromatic nitrogens is 1. The van der Waals surface area contributed by atoms with Crippen LogP contribution in [0.1, 0.15) is 11.1 Å². The number of amides is 1. The maximum absolute atomic E-state index is 12.0. The van der Waals surface area contributed by atoms with E-state index in [1.54, 1.807) is 18.3 Å². The van der Waals surface area contributed by atoms with E-state index >= 15 is 0 Å². The third-order valence-corrected chi connectivity index (χ3v) is 3.32. The van der Waals surface area contributed by atoms with Gasteiger partial charge in [-0.15, -0.1) is 0 Å². The van der Waals surface area contributed by atoms with Crippen LogP contribution in [0.5, 0.6) is 0 Å². The van der Waals surface area contributed by atoms with Gasteiger partial charge in [-0.1, -0.05) is 41.4 Å². The molecule has 0 bridgehead atoms. The molecule has 2 rings (SSSR count). The lowest BCUT2D eigenvalue weighted by atomic mass is 10.1. The topological polar surface area (TPSA) is 45.2 Å². The fraction of sp³-hybridized carbons (Fsp3) is 0.250. The van der Waals surface area contributed by atoms with Crippen LogP contribution in [-0.2, 0) is 11.3 Å². The van der Waals surface area contributed by atoms with E-state index in [0.717, 1.165) is 0 Å². The van der Waals surface area contributed by atoms with E-state index in [2.05, 4.69) is 41.5 Å². The highest BCUT2D eigenvalue weighted by molar-refractivity contribution is 6.32. The Bertz CT molecular complexity index is 613. The first kappa shape index (κ1) is 15.5. The number of carbonyl (C=O) groups excluding carboxylic acids is 1. The monoisotopic (exact) mass is 303 g/mol. The van der Waals surface area contributed by atoms with E-state index in [9.17, 15) is 4.79 Å². The van der Waals surface area contributed by atoms with Crippen LogP contribution < -0.4 is 5.32 Å². The van der Waals surface area contributed by atoms with Crippen molar-refractivity contribution < 1.29 is 4.79 Å². The molecule has 1 N–H and O–H groups in total. The predicted octanol–water partition coefficient (Wildman–Crippen LogP) is 3.11. The highest BCUT2D eigenvalue weighted by Gasteiger charge is 2.09. The predicted molar refractivity (Wildman–Crippen MR) is 85.4 cm³/mol. The Morgan fingerprint density at radius 2 is 2.00 bits per heavy atom. The molecule has 21 heavy (non-hydrogen) atoms. The van der Waals surface area contributed by atoms with Crippen molar-refractivity contribution in [3.8, 4) is 0 Å². The number of anilines is 1. The first-order valence-electron chi connectivity index (χ1n) is 6.69. The van der Waals surface area contributed by atoms with E-state index in [-0.39, 0.29) is 5.91 Å². The summed E-state index contributed by atoms with van der Waals surface area (Å²) >= 11 is 5.91. The van der Waals surface area contributed by atoms with Crippen LogP contribution in [0.25, 0.3) is 0 Å². The molecule has 0 aliphatic heterocycles. The lowest BCUT2D eigenvalue weighted by Crippen LogP contribution is -2.29. The summed E-state index contributed by atoms with van der Waals surface area (Å²) in [5.41, 5.74) is 2.94. The van der Waals surface area contributed by atoms with Gasteiger partial charge < -0.3 is 5.32 Å². The number of benzene rings is 1. The molecule has 5 heteroatoms. The summed E-state index contributed by atoms with van der Waals surface area (Å²) in [5.74, 6) is -0.112. The zero-order valence-corrected chi connectivity index (χ0v) is 12.9. The summed E-state index contributed by atoms with van der Waals surface area (Å²) in [6.07, 6.45) is 1.58. The van der Waals surface area contributed by atoms with E-state index < -0.39 is 0 Å². The molecular formula is C16H18ClN3O. The Kier molecular flexibility index (Phi) is 5.31. The summed E-state index contributed by atoms with van der Waals surface area (Å²) in [6, 6.07) is 11.7. The van der Waals surface area contributed by atoms with Crippen molar-refractivity contribution in [1.82, 2.24) is 9.88 Å². The standard InChI is InChI=1S/C16H18ClN3O/c1-12-5-7-13(8-6-12)10-20(2)11-15(21)19-14-4-3-9-18-16(14)17/h3-9H,10-11H2,1-2H3,(H,19,21). The SMILES string of the molecule is Cc1ccc(CN(C)CC(=O)Nc2cccnc2Cl)cc1. The van der Waals surface area contributed by atoms with Gasteiger partial charge in [-0.3, -0.25) is 9.69 Å². The zero-order valence-electron chi connectivity index (χ0n) is 12.1. The van der Waals surface area contributed by atoms with Gasteiger partial charge in [0.1, 0.15) is 0 Å². The molecule has 1 amide bonds. The molecule has 0 fully saturated rings. The van der Waals surface area contributed by atoms with Crippen LogP contribution in [0.3, 0.4) is 0 Å². The number of hydrogen-bond acceptors (Lipinski definition) is 3. The van der Waals surface area contributed by atoms with Gasteiger partial charge in [0, 0.05) is 12.7 Å². The van der Waals surface area contributed by atoms with Crippen molar-refractivity contribution in [2.24, 2.45) is 0 Å². The van der Waals surface area contributed by atoms with Gasteiger partial charge in [0.25, 0.3) is 0 Å². The maximum atomic E-state index is 12.0. The molecule has 4 nitrogen and oxygen atoms in total. The number of nitrogens with zero attached hydrogens (tertiary/aromatic N) is 2. The summed E-state index contributed by atoms with van der Waals surface area (Å²) in [5, 5.41) is 3.06. The Hall–Kier alpha value is -1.91. The molecule has 110 valence electrons. The number of halogens is 1. The molecule has 0 aliphatic rings. The average Bonchev–Trinajstić information content (AvgIpc) is 2.44. The molecule has 0 radical (unpaired) electrons. The van der Waals surface area contributed by atoms with Crippen molar-refractivity contribution in [2.45, 2.75) is 13.5 Å². The maximum Gasteiger partial charge on any atom is 0.238 e. The van der Waals surface area contributed by atoms with Gasteiger partial charge in [0.2, 0.25) is 5.91 Å². The van der Waals surface area contributed by atoms with E-state index in [1.165, 1.54) is 11.1 Å². The van der Waals surface area contributed by atoms with Gasteiger partial charge in [0.05, 0.1) is 12.2 Å². The van der Waals surface area contributed by atoms with Gasteiger partial charge in [-0.25, -0.2) is 4.98 Å². The Morgan fingerprint density at radius 3 is 2.67 bits per heavy atom. The van der Waals surface area contributed by atoms with Crippen molar-refractivity contribution in [1.29, 1.82) is 0 Å². The van der Waals surface area contributed by atoms with Crippen molar-refractivity contribution in [3.63, 3.8) is 0 Å². The van der Waals surface area contributed by atoms with Crippen LogP contribution in [-0.4, -0.2) is 29.4 Å². The quantitative estimate of drug-likeness (QED) is 0.863. The zero-order chi connectivity index (χ0) is 15.2. The van der Waals surface area contributed by atoms with Crippen LogP contribution in [0.2, 0.25) is 5.15 Å². The molecular weight excluding hydrogens is 286 g/mol. The lowest BCUT2D eigenvalue weighted by Gasteiger charge is -2.16. The fourth-order valence-corrected chi connectivity index (χ4v) is 2.14. The third kappa shape index (κ3) is 4.85. The number of rotatable bonds is 5. The molecule has 1 heterocycles. The van der Waals surface area contributed by atoms with Crippen molar-refractivity contribution in [2.75, 3.05) is 18.9 Å². The number of aryl methyl sites for hydroxylation is 1. The summed E-state index contributed by atoms with van der Waals surface area (Å²) in [4.78, 5) is 17.9. The van der Waals surface area contributed by atoms with Gasteiger partial charge in [-0.2, -0.15) is 0 Å². The molecule has 0 atom stereocenters. The minimum atomic E-state index is -0.112. The van der Waals surface area contributed by atoms with E-state index in [0.29, 0.717) is 23.9 Å². The Balaban J connectivity index is 1.87. The van der Waals surface area contributed by atoms with Crippen molar-refractivity contribution in [3.05, 3.63) is 58.9 Å². The number of nitrogens with one attached hydrogen (secondary N) is 1. The van der Waals surface area contributed by atoms with E-state index in [1.807, 2.05) is 11.9 Å². The van der Waals surface area contributed by atoms with Gasteiger partial charge >= 0.3 is 0 Å². The molecule has 2 aromatic rings. The molecule has 0 aliphatic carbocycles. The average molecular weight is 304 g/mol. The number of carbonyl (C=O) groups is 1. The minimum absolute atomic E-state index is 0.112. The highest BCUT2D eigenvalue weighted by Crippen LogP contribution is 2.17. The summed E-state index contributed by atoms with van der Waals surface area (Å²) in [7, 11) is 1.91. The van der Waals surface area contributed by atoms with Crippen LogP contribution in [0.15, 0.2) is 42.6 Å². The van der Waals surface area contributed by atoms with E-state index in [4.69, 9.17) is 11.6 Å². The smallest absolute Gasteiger partial charge is 0.238 e. The first-order valence-corrected chi connectivity index (χ1v) is 7.07. The van der Waals surface area contributed by atoms with Crippen LogP contribution >= 0.6 is 11.6 Å².